The molecule has 0 aliphatic heterocycles. The molecular formula is C11H13ClO5S. The predicted octanol–water partition coefficient (Wildman–Crippen LogP) is 1.86. The van der Waals surface area contributed by atoms with Crippen LogP contribution in [0.3, 0.4) is 0 Å². The molecule has 0 unspecified atom stereocenters. The number of esters is 1. The Labute approximate surface area is 110 Å². The van der Waals surface area contributed by atoms with E-state index in [-0.39, 0.29) is 18.1 Å². The Kier molecular flexibility index (Phi) is 4.98. The van der Waals surface area contributed by atoms with E-state index in [1.165, 1.54) is 18.2 Å². The standard InChI is InChI=1S/C11H13ClO5S/c1-3-16-11(13)7-17-9-4-5-10(8(2)6-9)18(12,14)15/h4-6H,3,7H2,1-2H3. The second kappa shape index (κ2) is 6.06. The molecule has 0 atom stereocenters. The van der Waals surface area contributed by atoms with Gasteiger partial charge in [0.1, 0.15) is 5.75 Å². The molecule has 0 aliphatic carbocycles. The summed E-state index contributed by atoms with van der Waals surface area (Å²) in [5.74, 6) is -0.103. The van der Waals surface area contributed by atoms with Crippen molar-refractivity contribution in [2.24, 2.45) is 0 Å². The van der Waals surface area contributed by atoms with Crippen LogP contribution in [-0.2, 0) is 18.6 Å². The Bertz CT molecular complexity index is 538. The zero-order chi connectivity index (χ0) is 13.8. The first kappa shape index (κ1) is 14.8. The van der Waals surface area contributed by atoms with Crippen LogP contribution in [0, 0.1) is 6.92 Å². The molecule has 0 radical (unpaired) electrons. The summed E-state index contributed by atoms with van der Waals surface area (Å²) in [5, 5.41) is 0. The molecule has 7 heteroatoms. The fourth-order valence-corrected chi connectivity index (χ4v) is 2.52. The van der Waals surface area contributed by atoms with Gasteiger partial charge in [-0.05, 0) is 37.6 Å². The molecule has 1 rings (SSSR count). The van der Waals surface area contributed by atoms with E-state index < -0.39 is 15.0 Å². The Morgan fingerprint density at radius 3 is 2.56 bits per heavy atom. The average Bonchev–Trinajstić information content (AvgIpc) is 2.25. The van der Waals surface area contributed by atoms with Crippen molar-refractivity contribution < 1.29 is 22.7 Å². The normalized spacial score (nSPS) is 11.1. The van der Waals surface area contributed by atoms with Crippen LogP contribution in [0.25, 0.3) is 0 Å². The van der Waals surface area contributed by atoms with E-state index in [2.05, 4.69) is 0 Å². The smallest absolute Gasteiger partial charge is 0.344 e. The van der Waals surface area contributed by atoms with Gasteiger partial charge in [-0.15, -0.1) is 0 Å². The van der Waals surface area contributed by atoms with Gasteiger partial charge >= 0.3 is 5.97 Å². The second-order valence-electron chi connectivity index (χ2n) is 3.46. The highest BCUT2D eigenvalue weighted by Crippen LogP contribution is 2.23. The molecule has 5 nitrogen and oxygen atoms in total. The summed E-state index contributed by atoms with van der Waals surface area (Å²) < 4.78 is 32.2. The van der Waals surface area contributed by atoms with Gasteiger partial charge < -0.3 is 9.47 Å². The summed E-state index contributed by atoms with van der Waals surface area (Å²) in [5.41, 5.74) is 0.450. The Morgan fingerprint density at radius 1 is 1.39 bits per heavy atom. The number of benzene rings is 1. The minimum Gasteiger partial charge on any atom is -0.482 e. The van der Waals surface area contributed by atoms with Crippen molar-refractivity contribution in [3.63, 3.8) is 0 Å². The highest BCUT2D eigenvalue weighted by atomic mass is 35.7. The fraction of sp³-hybridized carbons (Fsp3) is 0.364. The van der Waals surface area contributed by atoms with Crippen LogP contribution in [0.5, 0.6) is 5.75 Å². The quantitative estimate of drug-likeness (QED) is 0.612. The van der Waals surface area contributed by atoms with Gasteiger partial charge in [-0.2, -0.15) is 0 Å². The van der Waals surface area contributed by atoms with Crippen LogP contribution in [0.1, 0.15) is 12.5 Å². The third kappa shape index (κ3) is 4.19. The van der Waals surface area contributed by atoms with E-state index in [1.54, 1.807) is 13.8 Å². The van der Waals surface area contributed by atoms with Crippen LogP contribution in [0.15, 0.2) is 23.1 Å². The van der Waals surface area contributed by atoms with Gasteiger partial charge in [-0.25, -0.2) is 13.2 Å². The molecule has 0 amide bonds. The molecule has 0 aliphatic rings. The van der Waals surface area contributed by atoms with Crippen LogP contribution >= 0.6 is 10.7 Å². The summed E-state index contributed by atoms with van der Waals surface area (Å²) in [6, 6.07) is 4.26. The number of hydrogen-bond donors (Lipinski definition) is 0. The lowest BCUT2D eigenvalue weighted by molar-refractivity contribution is -0.145. The highest BCUT2D eigenvalue weighted by Gasteiger charge is 2.14. The lowest BCUT2D eigenvalue weighted by atomic mass is 10.2. The number of carbonyl (C=O) groups excluding carboxylic acids is 1. The van der Waals surface area contributed by atoms with Crippen molar-refractivity contribution in [2.45, 2.75) is 18.7 Å². The lowest BCUT2D eigenvalue weighted by Gasteiger charge is -2.08. The zero-order valence-electron chi connectivity index (χ0n) is 9.97. The molecule has 0 spiro atoms. The molecule has 100 valence electrons. The van der Waals surface area contributed by atoms with E-state index in [9.17, 15) is 13.2 Å². The van der Waals surface area contributed by atoms with Crippen LogP contribution in [0.4, 0.5) is 0 Å². The van der Waals surface area contributed by atoms with E-state index in [1.807, 2.05) is 0 Å². The van der Waals surface area contributed by atoms with E-state index in [4.69, 9.17) is 20.2 Å². The van der Waals surface area contributed by atoms with Crippen molar-refractivity contribution in [3.05, 3.63) is 23.8 Å². The number of carbonyl (C=O) groups is 1. The first-order valence-electron chi connectivity index (χ1n) is 5.18. The molecule has 0 saturated carbocycles. The first-order chi connectivity index (χ1) is 8.34. The predicted molar refractivity (Wildman–Crippen MR) is 66.3 cm³/mol. The van der Waals surface area contributed by atoms with Gasteiger partial charge in [0, 0.05) is 10.7 Å². The van der Waals surface area contributed by atoms with Gasteiger partial charge in [0.15, 0.2) is 6.61 Å². The van der Waals surface area contributed by atoms with Crippen molar-refractivity contribution in [1.82, 2.24) is 0 Å². The van der Waals surface area contributed by atoms with E-state index >= 15 is 0 Å². The maximum Gasteiger partial charge on any atom is 0.344 e. The maximum absolute atomic E-state index is 11.2. The summed E-state index contributed by atoms with van der Waals surface area (Å²) in [4.78, 5) is 11.1. The van der Waals surface area contributed by atoms with Gasteiger partial charge in [-0.1, -0.05) is 0 Å². The number of rotatable bonds is 5. The average molecular weight is 293 g/mol. The number of halogens is 1. The third-order valence-corrected chi connectivity index (χ3v) is 3.55. The van der Waals surface area contributed by atoms with Crippen LogP contribution < -0.4 is 4.74 Å². The van der Waals surface area contributed by atoms with Crippen molar-refractivity contribution in [3.8, 4) is 5.75 Å². The van der Waals surface area contributed by atoms with Crippen molar-refractivity contribution in [2.75, 3.05) is 13.2 Å². The first-order valence-corrected chi connectivity index (χ1v) is 7.49. The monoisotopic (exact) mass is 292 g/mol. The fourth-order valence-electron chi connectivity index (χ4n) is 1.33. The van der Waals surface area contributed by atoms with E-state index in [0.29, 0.717) is 11.3 Å². The van der Waals surface area contributed by atoms with Crippen LogP contribution in [0.2, 0.25) is 0 Å². The zero-order valence-corrected chi connectivity index (χ0v) is 11.5. The lowest BCUT2D eigenvalue weighted by Crippen LogP contribution is -2.14. The van der Waals surface area contributed by atoms with Crippen molar-refractivity contribution in [1.29, 1.82) is 0 Å². The van der Waals surface area contributed by atoms with Gasteiger partial charge in [0.05, 0.1) is 11.5 Å². The molecule has 0 N–H and O–H groups in total. The largest absolute Gasteiger partial charge is 0.482 e. The molecule has 18 heavy (non-hydrogen) atoms. The van der Waals surface area contributed by atoms with Gasteiger partial charge in [0.2, 0.25) is 0 Å². The third-order valence-electron chi connectivity index (χ3n) is 2.07. The summed E-state index contributed by atoms with van der Waals surface area (Å²) >= 11 is 0. The highest BCUT2D eigenvalue weighted by molar-refractivity contribution is 8.13. The molecule has 1 aromatic rings. The molecule has 0 bridgehead atoms. The molecular weight excluding hydrogens is 280 g/mol. The summed E-state index contributed by atoms with van der Waals surface area (Å²) in [6.45, 7) is 3.35. The van der Waals surface area contributed by atoms with Gasteiger partial charge in [0.25, 0.3) is 9.05 Å². The minimum absolute atomic E-state index is 0.0210. The number of ether oxygens (including phenoxy) is 2. The van der Waals surface area contributed by atoms with E-state index in [0.717, 1.165) is 0 Å². The Hall–Kier alpha value is -1.27. The molecule has 0 heterocycles. The minimum atomic E-state index is -3.77. The SMILES string of the molecule is CCOC(=O)COc1ccc(S(=O)(=O)Cl)c(C)c1. The molecule has 1 aromatic carbocycles. The maximum atomic E-state index is 11.2. The topological polar surface area (TPSA) is 69.7 Å². The van der Waals surface area contributed by atoms with Crippen molar-refractivity contribution >= 4 is 25.7 Å². The van der Waals surface area contributed by atoms with Gasteiger partial charge in [-0.3, -0.25) is 0 Å². The summed E-state index contributed by atoms with van der Waals surface area (Å²) in [7, 11) is 1.48. The number of hydrogen-bond acceptors (Lipinski definition) is 5. The Balaban J connectivity index is 2.77. The Morgan fingerprint density at radius 2 is 2.06 bits per heavy atom. The molecule has 0 saturated heterocycles. The second-order valence-corrected chi connectivity index (χ2v) is 5.99. The molecule has 0 fully saturated rings. The summed E-state index contributed by atoms with van der Waals surface area (Å²) in [6.07, 6.45) is 0. The number of aryl methyl sites for hydroxylation is 1. The molecule has 0 aromatic heterocycles. The van der Waals surface area contributed by atoms with Crippen LogP contribution in [-0.4, -0.2) is 27.6 Å².